The van der Waals surface area contributed by atoms with Crippen LogP contribution in [0.3, 0.4) is 0 Å². The summed E-state index contributed by atoms with van der Waals surface area (Å²) in [7, 11) is 0. The third kappa shape index (κ3) is 4.10. The van der Waals surface area contributed by atoms with E-state index in [0.29, 0.717) is 11.5 Å². The Labute approximate surface area is 122 Å². The number of hydrogen-bond acceptors (Lipinski definition) is 4. The van der Waals surface area contributed by atoms with Crippen molar-refractivity contribution in [2.45, 2.75) is 13.8 Å². The highest BCUT2D eigenvalue weighted by molar-refractivity contribution is 5.98. The molecule has 0 unspecified atom stereocenters. The Balaban J connectivity index is 1.90. The van der Waals surface area contributed by atoms with E-state index in [0.717, 1.165) is 11.1 Å². The van der Waals surface area contributed by atoms with Crippen LogP contribution >= 0.6 is 0 Å². The molecule has 0 saturated heterocycles. The van der Waals surface area contributed by atoms with Gasteiger partial charge in [0.05, 0.1) is 6.54 Å². The number of carbonyl (C=O) groups excluding carboxylic acids is 2. The van der Waals surface area contributed by atoms with Crippen LogP contribution in [0.15, 0.2) is 36.7 Å². The number of pyridine rings is 2. The van der Waals surface area contributed by atoms with Gasteiger partial charge in [0.1, 0.15) is 11.5 Å². The van der Waals surface area contributed by atoms with Gasteiger partial charge >= 0.3 is 0 Å². The first-order valence-corrected chi connectivity index (χ1v) is 6.48. The van der Waals surface area contributed by atoms with Crippen molar-refractivity contribution < 1.29 is 9.59 Å². The summed E-state index contributed by atoms with van der Waals surface area (Å²) < 4.78 is 0. The molecule has 0 atom stereocenters. The maximum atomic E-state index is 11.9. The number of amides is 2. The second kappa shape index (κ2) is 6.60. The average molecular weight is 284 g/mol. The number of rotatable bonds is 4. The van der Waals surface area contributed by atoms with Crippen LogP contribution in [0, 0.1) is 13.8 Å². The minimum Gasteiger partial charge on any atom is -0.342 e. The predicted octanol–water partition coefficient (Wildman–Crippen LogP) is 1.46. The van der Waals surface area contributed by atoms with E-state index in [2.05, 4.69) is 20.6 Å². The molecular weight excluding hydrogens is 268 g/mol. The van der Waals surface area contributed by atoms with Crippen molar-refractivity contribution in [2.24, 2.45) is 0 Å². The number of aryl methyl sites for hydroxylation is 2. The molecule has 21 heavy (non-hydrogen) atoms. The second-order valence-electron chi connectivity index (χ2n) is 4.62. The quantitative estimate of drug-likeness (QED) is 0.890. The number of nitrogens with zero attached hydrogens (tertiary/aromatic N) is 2. The Kier molecular flexibility index (Phi) is 4.61. The molecule has 2 aromatic heterocycles. The molecule has 108 valence electrons. The molecule has 0 bridgehead atoms. The van der Waals surface area contributed by atoms with Gasteiger partial charge in [-0.05, 0) is 43.2 Å². The van der Waals surface area contributed by atoms with Crippen LogP contribution in [0.2, 0.25) is 0 Å². The number of hydrogen-bond donors (Lipinski definition) is 2. The molecule has 6 heteroatoms. The Hall–Kier alpha value is -2.76. The molecule has 2 N–H and O–H groups in total. The summed E-state index contributed by atoms with van der Waals surface area (Å²) in [5.41, 5.74) is 2.07. The van der Waals surface area contributed by atoms with Crippen molar-refractivity contribution in [3.63, 3.8) is 0 Å². The maximum Gasteiger partial charge on any atom is 0.270 e. The third-order valence-electron chi connectivity index (χ3n) is 2.82. The summed E-state index contributed by atoms with van der Waals surface area (Å²) in [5.74, 6) is -0.251. The Morgan fingerprint density at radius 3 is 2.67 bits per heavy atom. The van der Waals surface area contributed by atoms with Crippen molar-refractivity contribution in [3.8, 4) is 0 Å². The molecule has 0 aromatic carbocycles. The summed E-state index contributed by atoms with van der Waals surface area (Å²) >= 11 is 0. The lowest BCUT2D eigenvalue weighted by Crippen LogP contribution is -2.33. The molecule has 0 aliphatic heterocycles. The van der Waals surface area contributed by atoms with E-state index < -0.39 is 0 Å². The molecule has 0 saturated carbocycles. The number of nitrogens with one attached hydrogen (secondary N) is 2. The lowest BCUT2D eigenvalue weighted by Gasteiger charge is -2.07. The van der Waals surface area contributed by atoms with Crippen LogP contribution in [-0.2, 0) is 4.79 Å². The van der Waals surface area contributed by atoms with Crippen molar-refractivity contribution in [1.29, 1.82) is 0 Å². The Morgan fingerprint density at radius 2 is 1.95 bits per heavy atom. The number of aromatic nitrogens is 2. The maximum absolute atomic E-state index is 11.9. The largest absolute Gasteiger partial charge is 0.342 e. The van der Waals surface area contributed by atoms with Gasteiger partial charge in [-0.3, -0.25) is 14.6 Å². The highest BCUT2D eigenvalue weighted by Gasteiger charge is 2.11. The topological polar surface area (TPSA) is 84.0 Å². The van der Waals surface area contributed by atoms with Gasteiger partial charge in [-0.15, -0.1) is 0 Å². The van der Waals surface area contributed by atoms with E-state index in [9.17, 15) is 9.59 Å². The molecule has 0 aliphatic carbocycles. The minimum atomic E-state index is -0.375. The highest BCUT2D eigenvalue weighted by atomic mass is 16.2. The summed E-state index contributed by atoms with van der Waals surface area (Å²) in [6.07, 6.45) is 3.15. The summed E-state index contributed by atoms with van der Waals surface area (Å²) in [4.78, 5) is 31.7. The predicted molar refractivity (Wildman–Crippen MR) is 78.9 cm³/mol. The summed E-state index contributed by atoms with van der Waals surface area (Å²) in [6.45, 7) is 3.56. The smallest absolute Gasteiger partial charge is 0.270 e. The van der Waals surface area contributed by atoms with E-state index in [1.54, 1.807) is 37.5 Å². The monoisotopic (exact) mass is 284 g/mol. The molecular formula is C15H16N4O2. The van der Waals surface area contributed by atoms with E-state index in [4.69, 9.17) is 0 Å². The van der Waals surface area contributed by atoms with E-state index >= 15 is 0 Å². The molecule has 2 amide bonds. The first-order chi connectivity index (χ1) is 10.1. The zero-order valence-electron chi connectivity index (χ0n) is 11.9. The Bertz CT molecular complexity index is 670. The fourth-order valence-corrected chi connectivity index (χ4v) is 1.76. The average Bonchev–Trinajstić information content (AvgIpc) is 2.45. The zero-order valence-corrected chi connectivity index (χ0v) is 11.9. The van der Waals surface area contributed by atoms with Gasteiger partial charge in [0.15, 0.2) is 0 Å². The van der Waals surface area contributed by atoms with Crippen molar-refractivity contribution in [3.05, 3.63) is 53.5 Å². The lowest BCUT2D eigenvalue weighted by molar-refractivity contribution is -0.115. The lowest BCUT2D eigenvalue weighted by atomic mass is 10.2. The zero-order chi connectivity index (χ0) is 15.2. The van der Waals surface area contributed by atoms with Gasteiger partial charge in [0, 0.05) is 12.4 Å². The first-order valence-electron chi connectivity index (χ1n) is 6.48. The molecule has 6 nitrogen and oxygen atoms in total. The fraction of sp³-hybridized carbons (Fsp3) is 0.200. The van der Waals surface area contributed by atoms with Gasteiger partial charge in [0.2, 0.25) is 5.91 Å². The molecule has 2 rings (SSSR count). The Morgan fingerprint density at radius 1 is 1.14 bits per heavy atom. The summed E-state index contributed by atoms with van der Waals surface area (Å²) in [6, 6.07) is 7.13. The van der Waals surface area contributed by atoms with E-state index in [1.807, 2.05) is 13.0 Å². The van der Waals surface area contributed by atoms with Crippen molar-refractivity contribution in [1.82, 2.24) is 15.3 Å². The van der Waals surface area contributed by atoms with Crippen LogP contribution in [0.25, 0.3) is 0 Å². The minimum absolute atomic E-state index is 0.134. The summed E-state index contributed by atoms with van der Waals surface area (Å²) in [5, 5.41) is 5.15. The second-order valence-corrected chi connectivity index (χ2v) is 4.62. The normalized spacial score (nSPS) is 10.0. The number of anilines is 1. The molecule has 0 spiro atoms. The van der Waals surface area contributed by atoms with Gasteiger partial charge < -0.3 is 10.6 Å². The van der Waals surface area contributed by atoms with Crippen LogP contribution < -0.4 is 10.6 Å². The van der Waals surface area contributed by atoms with Crippen molar-refractivity contribution in [2.75, 3.05) is 11.9 Å². The van der Waals surface area contributed by atoms with Gasteiger partial charge in [-0.2, -0.15) is 0 Å². The van der Waals surface area contributed by atoms with Gasteiger partial charge in [0.25, 0.3) is 5.91 Å². The number of carbonyl (C=O) groups is 2. The van der Waals surface area contributed by atoms with E-state index in [-0.39, 0.29) is 18.4 Å². The van der Waals surface area contributed by atoms with Crippen LogP contribution in [0.5, 0.6) is 0 Å². The molecule has 2 heterocycles. The van der Waals surface area contributed by atoms with E-state index in [1.165, 1.54) is 0 Å². The van der Waals surface area contributed by atoms with Crippen LogP contribution in [-0.4, -0.2) is 28.3 Å². The third-order valence-corrected chi connectivity index (χ3v) is 2.82. The van der Waals surface area contributed by atoms with Crippen LogP contribution in [0.4, 0.5) is 5.82 Å². The first kappa shape index (κ1) is 14.6. The van der Waals surface area contributed by atoms with Gasteiger partial charge in [-0.25, -0.2) is 4.98 Å². The van der Waals surface area contributed by atoms with Crippen LogP contribution in [0.1, 0.15) is 21.6 Å². The molecule has 0 aliphatic rings. The highest BCUT2D eigenvalue weighted by Crippen LogP contribution is 2.05. The SMILES string of the molecule is Cc1ccnc(NC(=O)CNC(=O)c2ncccc2C)c1. The molecule has 0 radical (unpaired) electrons. The molecule has 0 fully saturated rings. The standard InChI is InChI=1S/C15H16N4O2/c1-10-5-7-16-12(8-10)19-13(20)9-18-15(21)14-11(2)4-3-6-17-14/h3-8H,9H2,1-2H3,(H,18,21)(H,16,19,20). The fourth-order valence-electron chi connectivity index (χ4n) is 1.76. The molecule has 2 aromatic rings. The van der Waals surface area contributed by atoms with Gasteiger partial charge in [-0.1, -0.05) is 6.07 Å². The van der Waals surface area contributed by atoms with Crippen molar-refractivity contribution >= 4 is 17.6 Å².